The number of carbonyl (C=O) groups excluding carboxylic acids is 1. The van der Waals surface area contributed by atoms with E-state index in [2.05, 4.69) is 0 Å². The van der Waals surface area contributed by atoms with E-state index in [0.717, 1.165) is 12.1 Å². The lowest BCUT2D eigenvalue weighted by Crippen LogP contribution is -2.38. The molecule has 1 N–H and O–H groups in total. The first-order valence-electron chi connectivity index (χ1n) is 8.59. The SMILES string of the molecule is O=C1N(c2ccc(OCCC(F)(F)F)cc2)CC[C@]12CC[C@H](O)CC2. The van der Waals surface area contributed by atoms with Crippen LogP contribution in [-0.2, 0) is 4.79 Å². The van der Waals surface area contributed by atoms with Crippen LogP contribution in [0.25, 0.3) is 0 Å². The fourth-order valence-corrected chi connectivity index (χ4v) is 3.69. The van der Waals surface area contributed by atoms with Crippen molar-refractivity contribution < 1.29 is 27.8 Å². The maximum atomic E-state index is 12.8. The van der Waals surface area contributed by atoms with Gasteiger partial charge < -0.3 is 14.7 Å². The van der Waals surface area contributed by atoms with E-state index in [-0.39, 0.29) is 17.4 Å². The molecule has 3 rings (SSSR count). The van der Waals surface area contributed by atoms with Gasteiger partial charge >= 0.3 is 6.18 Å². The highest BCUT2D eigenvalue weighted by molar-refractivity contribution is 6.00. The quantitative estimate of drug-likeness (QED) is 0.894. The van der Waals surface area contributed by atoms with Gasteiger partial charge in [0, 0.05) is 12.2 Å². The molecule has 1 aliphatic heterocycles. The second kappa shape index (κ2) is 6.86. The topological polar surface area (TPSA) is 49.8 Å². The summed E-state index contributed by atoms with van der Waals surface area (Å²) in [6, 6.07) is 6.60. The van der Waals surface area contributed by atoms with Gasteiger partial charge in [-0.1, -0.05) is 0 Å². The van der Waals surface area contributed by atoms with E-state index in [1.165, 1.54) is 0 Å². The zero-order valence-corrected chi connectivity index (χ0v) is 13.9. The summed E-state index contributed by atoms with van der Waals surface area (Å²) in [7, 11) is 0. The molecule has 138 valence electrons. The van der Waals surface area contributed by atoms with Crippen molar-refractivity contribution in [3.05, 3.63) is 24.3 Å². The van der Waals surface area contributed by atoms with Gasteiger partial charge in [-0.05, 0) is 56.4 Å². The molecule has 0 atom stereocenters. The first-order chi connectivity index (χ1) is 11.8. The van der Waals surface area contributed by atoms with E-state index >= 15 is 0 Å². The number of alkyl halides is 3. The number of hydrogen-bond donors (Lipinski definition) is 1. The van der Waals surface area contributed by atoms with Crippen LogP contribution in [-0.4, -0.2) is 36.4 Å². The van der Waals surface area contributed by atoms with Crippen molar-refractivity contribution in [2.45, 2.75) is 50.8 Å². The summed E-state index contributed by atoms with van der Waals surface area (Å²) in [6.45, 7) is 0.208. The Morgan fingerprint density at radius 2 is 1.80 bits per heavy atom. The van der Waals surface area contributed by atoms with E-state index in [0.29, 0.717) is 38.0 Å². The summed E-state index contributed by atoms with van der Waals surface area (Å²) in [5.41, 5.74) is 0.373. The molecule has 2 fully saturated rings. The summed E-state index contributed by atoms with van der Waals surface area (Å²) >= 11 is 0. The number of carbonyl (C=O) groups is 1. The number of halogens is 3. The highest BCUT2D eigenvalue weighted by atomic mass is 19.4. The zero-order valence-electron chi connectivity index (χ0n) is 13.9. The van der Waals surface area contributed by atoms with Crippen LogP contribution in [0, 0.1) is 5.41 Å². The van der Waals surface area contributed by atoms with Gasteiger partial charge in [0.15, 0.2) is 0 Å². The summed E-state index contributed by atoms with van der Waals surface area (Å²) in [4.78, 5) is 14.6. The lowest BCUT2D eigenvalue weighted by molar-refractivity contribution is -0.139. The first-order valence-corrected chi connectivity index (χ1v) is 8.59. The number of nitrogens with zero attached hydrogens (tertiary/aromatic N) is 1. The van der Waals surface area contributed by atoms with Gasteiger partial charge in [0.25, 0.3) is 0 Å². The highest BCUT2D eigenvalue weighted by Crippen LogP contribution is 2.46. The lowest BCUT2D eigenvalue weighted by Gasteiger charge is -2.33. The molecule has 7 heteroatoms. The molecule has 1 aromatic carbocycles. The van der Waals surface area contributed by atoms with Crippen molar-refractivity contribution in [3.8, 4) is 5.75 Å². The Labute approximate surface area is 144 Å². The van der Waals surface area contributed by atoms with Crippen LogP contribution < -0.4 is 9.64 Å². The van der Waals surface area contributed by atoms with Gasteiger partial charge in [0.1, 0.15) is 5.75 Å². The molecule has 1 heterocycles. The third-order valence-electron chi connectivity index (χ3n) is 5.23. The molecule has 4 nitrogen and oxygen atoms in total. The van der Waals surface area contributed by atoms with Crippen LogP contribution in [0.4, 0.5) is 18.9 Å². The predicted molar refractivity (Wildman–Crippen MR) is 86.5 cm³/mol. The van der Waals surface area contributed by atoms with Gasteiger partial charge in [0.2, 0.25) is 5.91 Å². The van der Waals surface area contributed by atoms with Crippen molar-refractivity contribution in [2.24, 2.45) is 5.41 Å². The Bertz CT molecular complexity index is 607. The van der Waals surface area contributed by atoms with Crippen LogP contribution >= 0.6 is 0 Å². The fraction of sp³-hybridized carbons (Fsp3) is 0.611. The van der Waals surface area contributed by atoms with E-state index in [9.17, 15) is 23.1 Å². The molecule has 0 radical (unpaired) electrons. The van der Waals surface area contributed by atoms with E-state index in [1.807, 2.05) is 0 Å². The Hall–Kier alpha value is -1.76. The standard InChI is InChI=1S/C18H22F3NO3/c19-18(20,21)10-12-25-15-3-1-13(2-4-15)22-11-9-17(16(22)24)7-5-14(23)6-8-17/h1-4,14,23H,5-12H2/t14-,17+. The summed E-state index contributed by atoms with van der Waals surface area (Å²) < 4.78 is 41.5. The van der Waals surface area contributed by atoms with Crippen molar-refractivity contribution in [3.63, 3.8) is 0 Å². The van der Waals surface area contributed by atoms with Crippen molar-refractivity contribution in [1.82, 2.24) is 0 Å². The minimum Gasteiger partial charge on any atom is -0.493 e. The molecule has 1 aromatic rings. The highest BCUT2D eigenvalue weighted by Gasteiger charge is 2.48. The Balaban J connectivity index is 1.60. The average molecular weight is 357 g/mol. The van der Waals surface area contributed by atoms with Gasteiger partial charge in [0.05, 0.1) is 24.5 Å². The largest absolute Gasteiger partial charge is 0.493 e. The number of ether oxygens (including phenoxy) is 1. The first kappa shape index (κ1) is 18.0. The van der Waals surface area contributed by atoms with Crippen LogP contribution in [0.3, 0.4) is 0 Å². The summed E-state index contributed by atoms with van der Waals surface area (Å²) in [5.74, 6) is 0.445. The molecule has 2 aliphatic rings. The average Bonchev–Trinajstić information content (AvgIpc) is 2.87. The van der Waals surface area contributed by atoms with Crippen LogP contribution in [0.1, 0.15) is 38.5 Å². The minimum atomic E-state index is -4.23. The Morgan fingerprint density at radius 3 is 2.40 bits per heavy atom. The molecule has 1 amide bonds. The van der Waals surface area contributed by atoms with Crippen LogP contribution in [0.2, 0.25) is 0 Å². The van der Waals surface area contributed by atoms with Gasteiger partial charge in [-0.15, -0.1) is 0 Å². The third-order valence-corrected chi connectivity index (χ3v) is 5.23. The van der Waals surface area contributed by atoms with E-state index < -0.39 is 19.2 Å². The number of aliphatic hydroxyl groups excluding tert-OH is 1. The fourth-order valence-electron chi connectivity index (χ4n) is 3.69. The lowest BCUT2D eigenvalue weighted by atomic mass is 9.72. The summed E-state index contributed by atoms with van der Waals surface area (Å²) in [6.07, 6.45) is -2.01. The smallest absolute Gasteiger partial charge is 0.392 e. The molecular formula is C18H22F3NO3. The van der Waals surface area contributed by atoms with Crippen molar-refractivity contribution in [2.75, 3.05) is 18.1 Å². The molecule has 0 bridgehead atoms. The second-order valence-corrected chi connectivity index (χ2v) is 6.93. The van der Waals surface area contributed by atoms with E-state index in [1.54, 1.807) is 29.2 Å². The monoisotopic (exact) mass is 357 g/mol. The van der Waals surface area contributed by atoms with Crippen LogP contribution in [0.5, 0.6) is 5.75 Å². The number of rotatable bonds is 4. The molecule has 1 saturated heterocycles. The molecule has 0 unspecified atom stereocenters. The molecular weight excluding hydrogens is 335 g/mol. The molecule has 1 spiro atoms. The summed E-state index contributed by atoms with van der Waals surface area (Å²) in [5, 5.41) is 9.66. The van der Waals surface area contributed by atoms with E-state index in [4.69, 9.17) is 4.74 Å². The molecule has 25 heavy (non-hydrogen) atoms. The number of benzene rings is 1. The molecule has 1 saturated carbocycles. The second-order valence-electron chi connectivity index (χ2n) is 6.93. The maximum absolute atomic E-state index is 12.8. The maximum Gasteiger partial charge on any atom is 0.392 e. The minimum absolute atomic E-state index is 0.0881. The van der Waals surface area contributed by atoms with Crippen molar-refractivity contribution in [1.29, 1.82) is 0 Å². The third kappa shape index (κ3) is 4.08. The molecule has 0 aromatic heterocycles. The van der Waals surface area contributed by atoms with Gasteiger partial charge in [-0.3, -0.25) is 4.79 Å². The number of aliphatic hydroxyl groups is 1. The number of amides is 1. The molecule has 1 aliphatic carbocycles. The Kier molecular flexibility index (Phi) is 4.95. The predicted octanol–water partition coefficient (Wildman–Crippen LogP) is 3.68. The van der Waals surface area contributed by atoms with Crippen LogP contribution in [0.15, 0.2) is 24.3 Å². The van der Waals surface area contributed by atoms with Gasteiger partial charge in [-0.2, -0.15) is 13.2 Å². The van der Waals surface area contributed by atoms with Gasteiger partial charge in [-0.25, -0.2) is 0 Å². The number of hydrogen-bond acceptors (Lipinski definition) is 3. The zero-order chi connectivity index (χ0) is 18.1. The Morgan fingerprint density at radius 1 is 1.16 bits per heavy atom. The number of anilines is 1. The normalized spacial score (nSPS) is 27.1. The van der Waals surface area contributed by atoms with Crippen molar-refractivity contribution >= 4 is 11.6 Å².